The highest BCUT2D eigenvalue weighted by Crippen LogP contribution is 2.19. The number of nitrogens with one attached hydrogen (secondary N) is 1. The van der Waals surface area contributed by atoms with E-state index in [0.29, 0.717) is 19.6 Å². The van der Waals surface area contributed by atoms with E-state index in [2.05, 4.69) is 52.7 Å². The van der Waals surface area contributed by atoms with Gasteiger partial charge in [-0.2, -0.15) is 0 Å². The van der Waals surface area contributed by atoms with Gasteiger partial charge >= 0.3 is 0 Å². The second-order valence-corrected chi connectivity index (χ2v) is 8.21. The van der Waals surface area contributed by atoms with Gasteiger partial charge in [0.25, 0.3) is 0 Å². The molecule has 0 saturated carbocycles. The van der Waals surface area contributed by atoms with E-state index in [1.54, 1.807) is 4.90 Å². The van der Waals surface area contributed by atoms with Crippen LogP contribution >= 0.6 is 0 Å². The van der Waals surface area contributed by atoms with Crippen LogP contribution in [0.15, 0.2) is 72.8 Å². The molecule has 5 nitrogen and oxygen atoms in total. The molecule has 160 valence electrons. The number of rotatable bonds is 7. The Labute approximate surface area is 183 Å². The fourth-order valence-corrected chi connectivity index (χ4v) is 4.13. The molecule has 2 amide bonds. The van der Waals surface area contributed by atoms with Crippen LogP contribution < -0.4 is 5.32 Å². The van der Waals surface area contributed by atoms with Crippen molar-refractivity contribution in [2.75, 3.05) is 26.7 Å². The van der Waals surface area contributed by atoms with Crippen molar-refractivity contribution in [3.05, 3.63) is 83.9 Å². The van der Waals surface area contributed by atoms with E-state index in [0.717, 1.165) is 18.5 Å². The molecule has 3 aromatic rings. The van der Waals surface area contributed by atoms with Crippen molar-refractivity contribution in [3.8, 4) is 0 Å². The molecule has 1 fully saturated rings. The molecule has 0 bridgehead atoms. The number of hydrogen-bond acceptors (Lipinski definition) is 3. The minimum Gasteiger partial charge on any atom is -0.353 e. The van der Waals surface area contributed by atoms with E-state index in [9.17, 15) is 9.59 Å². The minimum absolute atomic E-state index is 0.00138. The molecule has 3 aromatic carbocycles. The highest BCUT2D eigenvalue weighted by atomic mass is 16.2. The van der Waals surface area contributed by atoms with Crippen molar-refractivity contribution in [3.63, 3.8) is 0 Å². The summed E-state index contributed by atoms with van der Waals surface area (Å²) in [5, 5.41) is 5.32. The SMILES string of the molecule is CN(CCc1ccccc1)C(=O)CC1C(=O)NCCN1Cc1ccc2ccccc2c1. The van der Waals surface area contributed by atoms with Gasteiger partial charge in [0.1, 0.15) is 0 Å². The van der Waals surface area contributed by atoms with Crippen molar-refractivity contribution in [1.82, 2.24) is 15.1 Å². The number of likely N-dealkylation sites (N-methyl/N-ethyl adjacent to an activating group) is 1. The third kappa shape index (κ3) is 5.30. The quantitative estimate of drug-likeness (QED) is 0.645. The molecule has 1 aliphatic rings. The molecule has 1 N–H and O–H groups in total. The van der Waals surface area contributed by atoms with E-state index in [1.165, 1.54) is 16.3 Å². The van der Waals surface area contributed by atoms with Gasteiger partial charge in [0, 0.05) is 33.2 Å². The highest BCUT2D eigenvalue weighted by molar-refractivity contribution is 5.89. The van der Waals surface area contributed by atoms with Crippen LogP contribution in [-0.2, 0) is 22.6 Å². The first-order chi connectivity index (χ1) is 15.1. The molecule has 1 heterocycles. The molecule has 4 rings (SSSR count). The van der Waals surface area contributed by atoms with Gasteiger partial charge in [-0.3, -0.25) is 14.5 Å². The average Bonchev–Trinajstić information content (AvgIpc) is 2.80. The Morgan fingerprint density at radius 1 is 1.00 bits per heavy atom. The Morgan fingerprint density at radius 3 is 2.55 bits per heavy atom. The molecule has 1 aliphatic heterocycles. The van der Waals surface area contributed by atoms with E-state index < -0.39 is 6.04 Å². The largest absolute Gasteiger partial charge is 0.353 e. The average molecular weight is 416 g/mol. The van der Waals surface area contributed by atoms with Crippen LogP contribution in [0.5, 0.6) is 0 Å². The Balaban J connectivity index is 1.40. The van der Waals surface area contributed by atoms with Gasteiger partial charge < -0.3 is 10.2 Å². The number of fused-ring (bicyclic) bond motifs is 1. The summed E-state index contributed by atoms with van der Waals surface area (Å²) >= 11 is 0. The Bertz CT molecular complexity index is 1050. The molecular formula is C26H29N3O2. The van der Waals surface area contributed by atoms with Gasteiger partial charge in [0.15, 0.2) is 0 Å². The normalized spacial score (nSPS) is 16.8. The summed E-state index contributed by atoms with van der Waals surface area (Å²) in [6, 6.07) is 24.4. The van der Waals surface area contributed by atoms with Gasteiger partial charge in [-0.1, -0.05) is 66.7 Å². The van der Waals surface area contributed by atoms with Crippen molar-refractivity contribution in [1.29, 1.82) is 0 Å². The Hall–Kier alpha value is -3.18. The number of carbonyl (C=O) groups excluding carboxylic acids is 2. The van der Waals surface area contributed by atoms with Gasteiger partial charge in [0.05, 0.1) is 12.5 Å². The predicted molar refractivity (Wildman–Crippen MR) is 124 cm³/mol. The smallest absolute Gasteiger partial charge is 0.237 e. The summed E-state index contributed by atoms with van der Waals surface area (Å²) in [5.41, 5.74) is 2.36. The zero-order valence-corrected chi connectivity index (χ0v) is 18.0. The highest BCUT2D eigenvalue weighted by Gasteiger charge is 2.32. The standard InChI is InChI=1S/C26H29N3O2/c1-28(15-13-20-7-3-2-4-8-20)25(30)18-24-26(31)27-14-16-29(24)19-21-11-12-22-9-5-6-10-23(22)17-21/h2-12,17,24H,13-16,18-19H2,1H3,(H,27,31). The lowest BCUT2D eigenvalue weighted by atomic mass is 10.0. The maximum absolute atomic E-state index is 12.9. The first-order valence-electron chi connectivity index (χ1n) is 10.9. The van der Waals surface area contributed by atoms with Gasteiger partial charge in [-0.25, -0.2) is 0 Å². The predicted octanol–water partition coefficient (Wildman–Crippen LogP) is 3.23. The van der Waals surface area contributed by atoms with Crippen molar-refractivity contribution < 1.29 is 9.59 Å². The monoisotopic (exact) mass is 415 g/mol. The molecule has 0 aromatic heterocycles. The topological polar surface area (TPSA) is 52.7 Å². The van der Waals surface area contributed by atoms with Crippen molar-refractivity contribution >= 4 is 22.6 Å². The van der Waals surface area contributed by atoms with Crippen LogP contribution in [0.2, 0.25) is 0 Å². The lowest BCUT2D eigenvalue weighted by Gasteiger charge is -2.35. The maximum atomic E-state index is 12.9. The molecule has 0 aliphatic carbocycles. The van der Waals surface area contributed by atoms with E-state index in [1.807, 2.05) is 37.4 Å². The molecular weight excluding hydrogens is 386 g/mol. The number of hydrogen-bond donors (Lipinski definition) is 1. The molecule has 1 unspecified atom stereocenters. The Kier molecular flexibility index (Phi) is 6.63. The number of carbonyl (C=O) groups is 2. The molecule has 1 saturated heterocycles. The van der Waals surface area contributed by atoms with Gasteiger partial charge in [-0.05, 0) is 34.4 Å². The van der Waals surface area contributed by atoms with Crippen molar-refractivity contribution in [2.24, 2.45) is 0 Å². The van der Waals surface area contributed by atoms with E-state index in [-0.39, 0.29) is 18.2 Å². The van der Waals surface area contributed by atoms with Crippen LogP contribution in [0.1, 0.15) is 17.5 Å². The fourth-order valence-electron chi connectivity index (χ4n) is 4.13. The third-order valence-electron chi connectivity index (χ3n) is 6.01. The van der Waals surface area contributed by atoms with E-state index in [4.69, 9.17) is 0 Å². The molecule has 0 spiro atoms. The minimum atomic E-state index is -0.438. The third-order valence-corrected chi connectivity index (χ3v) is 6.01. The number of nitrogens with zero attached hydrogens (tertiary/aromatic N) is 2. The lowest BCUT2D eigenvalue weighted by molar-refractivity contribution is -0.138. The zero-order valence-electron chi connectivity index (χ0n) is 18.0. The second-order valence-electron chi connectivity index (χ2n) is 8.21. The van der Waals surface area contributed by atoms with Crippen molar-refractivity contribution in [2.45, 2.75) is 25.4 Å². The second kappa shape index (κ2) is 9.75. The van der Waals surface area contributed by atoms with Crippen LogP contribution in [0, 0.1) is 0 Å². The molecule has 0 radical (unpaired) electrons. The maximum Gasteiger partial charge on any atom is 0.237 e. The number of piperazine rings is 1. The van der Waals surface area contributed by atoms with Crippen LogP contribution in [0.3, 0.4) is 0 Å². The summed E-state index contributed by atoms with van der Waals surface area (Å²) in [7, 11) is 1.82. The molecule has 1 atom stereocenters. The number of benzene rings is 3. The molecule has 31 heavy (non-hydrogen) atoms. The summed E-state index contributed by atoms with van der Waals surface area (Å²) in [5.74, 6) is -0.0571. The van der Waals surface area contributed by atoms with Gasteiger partial charge in [-0.15, -0.1) is 0 Å². The Morgan fingerprint density at radius 2 is 1.74 bits per heavy atom. The lowest BCUT2D eigenvalue weighted by Crippen LogP contribution is -2.56. The van der Waals surface area contributed by atoms with Gasteiger partial charge in [0.2, 0.25) is 11.8 Å². The zero-order chi connectivity index (χ0) is 21.6. The summed E-state index contributed by atoms with van der Waals surface area (Å²) < 4.78 is 0. The first-order valence-corrected chi connectivity index (χ1v) is 10.9. The molecule has 5 heteroatoms. The van der Waals surface area contributed by atoms with Crippen LogP contribution in [0.4, 0.5) is 0 Å². The van der Waals surface area contributed by atoms with E-state index >= 15 is 0 Å². The fraction of sp³-hybridized carbons (Fsp3) is 0.308. The summed E-state index contributed by atoms with van der Waals surface area (Å²) in [6.07, 6.45) is 1.01. The van der Waals surface area contributed by atoms with Crippen LogP contribution in [0.25, 0.3) is 10.8 Å². The summed E-state index contributed by atoms with van der Waals surface area (Å²) in [4.78, 5) is 29.4. The number of amides is 2. The summed E-state index contributed by atoms with van der Waals surface area (Å²) in [6.45, 7) is 2.65. The first kappa shape index (κ1) is 21.1. The van der Waals surface area contributed by atoms with Crippen LogP contribution in [-0.4, -0.2) is 54.3 Å².